The predicted octanol–water partition coefficient (Wildman–Crippen LogP) is 4.00. The summed E-state index contributed by atoms with van der Waals surface area (Å²) in [6.07, 6.45) is -0.622. The van der Waals surface area contributed by atoms with Gasteiger partial charge in [0.2, 0.25) is 5.91 Å². The fraction of sp³-hybridized carbons (Fsp3) is 0.300. The fourth-order valence-electron chi connectivity index (χ4n) is 2.04. The van der Waals surface area contributed by atoms with E-state index in [-0.39, 0.29) is 17.7 Å². The molecular weight excluding hydrogens is 316 g/mol. The number of carbonyl (C=O) groups is 2. The summed E-state index contributed by atoms with van der Waals surface area (Å²) in [5, 5.41) is 5.61. The molecule has 2 aromatic carbocycles. The quantitative estimate of drug-likeness (QED) is 0.835. The molecule has 5 heteroatoms. The van der Waals surface area contributed by atoms with Gasteiger partial charge in [-0.05, 0) is 50.2 Å². The summed E-state index contributed by atoms with van der Waals surface area (Å²) in [7, 11) is 0. The topological polar surface area (TPSA) is 67.4 Å². The Morgan fingerprint density at radius 2 is 1.28 bits per heavy atom. The molecule has 2 amide bonds. The van der Waals surface area contributed by atoms with Gasteiger partial charge in [0.1, 0.15) is 5.75 Å². The number of benzene rings is 2. The molecule has 0 heterocycles. The van der Waals surface area contributed by atoms with Gasteiger partial charge in [-0.1, -0.05) is 31.5 Å². The normalized spacial score (nSPS) is 11.7. The standard InChI is InChI=1S/C20H24N2O3/c1-13(2)19(23)21-16-7-9-17(10-8-16)22-20(24)15(4)25-18-11-5-14(3)6-12-18/h5-13,15H,1-4H3,(H,21,23)(H,22,24)/t15-/m1/s1. The lowest BCUT2D eigenvalue weighted by molar-refractivity contribution is -0.122. The van der Waals surface area contributed by atoms with Crippen molar-refractivity contribution in [2.24, 2.45) is 5.92 Å². The lowest BCUT2D eigenvalue weighted by Crippen LogP contribution is -2.30. The molecule has 0 fully saturated rings. The first-order valence-electron chi connectivity index (χ1n) is 8.30. The van der Waals surface area contributed by atoms with Crippen LogP contribution in [0.3, 0.4) is 0 Å². The van der Waals surface area contributed by atoms with Crippen molar-refractivity contribution in [2.75, 3.05) is 10.6 Å². The average Bonchev–Trinajstić information content (AvgIpc) is 2.58. The SMILES string of the molecule is Cc1ccc(O[C@H](C)C(=O)Nc2ccc(NC(=O)C(C)C)cc2)cc1. The Labute approximate surface area is 148 Å². The number of ether oxygens (including phenoxy) is 1. The summed E-state index contributed by atoms with van der Waals surface area (Å²) in [6, 6.07) is 14.5. The van der Waals surface area contributed by atoms with Crippen molar-refractivity contribution in [3.63, 3.8) is 0 Å². The number of nitrogens with one attached hydrogen (secondary N) is 2. The van der Waals surface area contributed by atoms with Gasteiger partial charge >= 0.3 is 0 Å². The highest BCUT2D eigenvalue weighted by molar-refractivity contribution is 5.95. The molecule has 2 aromatic rings. The fourth-order valence-corrected chi connectivity index (χ4v) is 2.04. The number of carbonyl (C=O) groups excluding carboxylic acids is 2. The van der Waals surface area contributed by atoms with E-state index in [1.54, 1.807) is 31.2 Å². The van der Waals surface area contributed by atoms with Crippen molar-refractivity contribution < 1.29 is 14.3 Å². The maximum absolute atomic E-state index is 12.2. The van der Waals surface area contributed by atoms with E-state index in [0.717, 1.165) is 5.56 Å². The van der Waals surface area contributed by atoms with Crippen LogP contribution in [0.4, 0.5) is 11.4 Å². The monoisotopic (exact) mass is 340 g/mol. The van der Waals surface area contributed by atoms with Crippen LogP contribution in [-0.4, -0.2) is 17.9 Å². The van der Waals surface area contributed by atoms with Crippen LogP contribution >= 0.6 is 0 Å². The maximum Gasteiger partial charge on any atom is 0.265 e. The molecule has 2 N–H and O–H groups in total. The van der Waals surface area contributed by atoms with Crippen molar-refractivity contribution in [3.05, 3.63) is 54.1 Å². The van der Waals surface area contributed by atoms with Crippen LogP contribution in [0, 0.1) is 12.8 Å². The average molecular weight is 340 g/mol. The highest BCUT2D eigenvalue weighted by Gasteiger charge is 2.15. The van der Waals surface area contributed by atoms with Crippen LogP contribution < -0.4 is 15.4 Å². The minimum absolute atomic E-state index is 0.0445. The molecule has 0 saturated carbocycles. The molecule has 0 unspecified atom stereocenters. The molecule has 0 spiro atoms. The highest BCUT2D eigenvalue weighted by atomic mass is 16.5. The van der Waals surface area contributed by atoms with Gasteiger partial charge in [-0.25, -0.2) is 0 Å². The van der Waals surface area contributed by atoms with Gasteiger partial charge in [-0.2, -0.15) is 0 Å². The second-order valence-corrected chi connectivity index (χ2v) is 6.28. The van der Waals surface area contributed by atoms with Crippen molar-refractivity contribution >= 4 is 23.2 Å². The highest BCUT2D eigenvalue weighted by Crippen LogP contribution is 2.17. The van der Waals surface area contributed by atoms with Crippen LogP contribution in [0.25, 0.3) is 0 Å². The molecule has 0 aliphatic rings. The molecule has 2 rings (SSSR count). The van der Waals surface area contributed by atoms with Gasteiger partial charge in [-0.3, -0.25) is 9.59 Å². The van der Waals surface area contributed by atoms with E-state index in [9.17, 15) is 9.59 Å². The van der Waals surface area contributed by atoms with E-state index < -0.39 is 6.10 Å². The number of aryl methyl sites for hydroxylation is 1. The summed E-state index contributed by atoms with van der Waals surface area (Å²) < 4.78 is 5.64. The molecule has 0 aliphatic heterocycles. The van der Waals surface area contributed by atoms with Crippen LogP contribution in [-0.2, 0) is 9.59 Å². The van der Waals surface area contributed by atoms with Crippen LogP contribution in [0.5, 0.6) is 5.75 Å². The van der Waals surface area contributed by atoms with Crippen LogP contribution in [0.15, 0.2) is 48.5 Å². The molecule has 0 aromatic heterocycles. The molecule has 25 heavy (non-hydrogen) atoms. The van der Waals surface area contributed by atoms with Gasteiger partial charge in [0.15, 0.2) is 6.10 Å². The smallest absolute Gasteiger partial charge is 0.265 e. The number of amides is 2. The Hall–Kier alpha value is -2.82. The third-order valence-corrected chi connectivity index (χ3v) is 3.65. The van der Waals surface area contributed by atoms with Gasteiger partial charge in [0.25, 0.3) is 5.91 Å². The second kappa shape index (κ2) is 8.33. The minimum atomic E-state index is -0.622. The Bertz CT molecular complexity index is 722. The first kappa shape index (κ1) is 18.5. The summed E-state index contributed by atoms with van der Waals surface area (Å²) in [6.45, 7) is 7.36. The van der Waals surface area contributed by atoms with E-state index in [2.05, 4.69) is 10.6 Å². The molecular formula is C20H24N2O3. The summed E-state index contributed by atoms with van der Waals surface area (Å²) in [5.74, 6) is 0.288. The third kappa shape index (κ3) is 5.64. The van der Waals surface area contributed by atoms with Gasteiger partial charge in [0, 0.05) is 17.3 Å². The number of hydrogen-bond donors (Lipinski definition) is 2. The molecule has 1 atom stereocenters. The maximum atomic E-state index is 12.2. The van der Waals surface area contributed by atoms with E-state index >= 15 is 0 Å². The van der Waals surface area contributed by atoms with E-state index in [4.69, 9.17) is 4.74 Å². The van der Waals surface area contributed by atoms with Crippen molar-refractivity contribution in [1.29, 1.82) is 0 Å². The molecule has 0 radical (unpaired) electrons. The second-order valence-electron chi connectivity index (χ2n) is 6.28. The van der Waals surface area contributed by atoms with Crippen molar-refractivity contribution in [2.45, 2.75) is 33.8 Å². The summed E-state index contributed by atoms with van der Waals surface area (Å²) in [4.78, 5) is 23.9. The Morgan fingerprint density at radius 3 is 1.76 bits per heavy atom. The Morgan fingerprint density at radius 1 is 0.800 bits per heavy atom. The summed E-state index contributed by atoms with van der Waals surface area (Å²) in [5.41, 5.74) is 2.47. The van der Waals surface area contributed by atoms with Gasteiger partial charge < -0.3 is 15.4 Å². The molecule has 5 nitrogen and oxygen atoms in total. The minimum Gasteiger partial charge on any atom is -0.481 e. The summed E-state index contributed by atoms with van der Waals surface area (Å²) >= 11 is 0. The zero-order valence-electron chi connectivity index (χ0n) is 15.0. The first-order chi connectivity index (χ1) is 11.8. The van der Waals surface area contributed by atoms with E-state index in [1.807, 2.05) is 45.0 Å². The first-order valence-corrected chi connectivity index (χ1v) is 8.30. The number of rotatable bonds is 6. The lowest BCUT2D eigenvalue weighted by atomic mass is 10.2. The lowest BCUT2D eigenvalue weighted by Gasteiger charge is -2.15. The predicted molar refractivity (Wildman–Crippen MR) is 99.8 cm³/mol. The van der Waals surface area contributed by atoms with E-state index in [1.165, 1.54) is 0 Å². The van der Waals surface area contributed by atoms with E-state index in [0.29, 0.717) is 17.1 Å². The van der Waals surface area contributed by atoms with Crippen molar-refractivity contribution in [1.82, 2.24) is 0 Å². The third-order valence-electron chi connectivity index (χ3n) is 3.65. The molecule has 0 bridgehead atoms. The molecule has 132 valence electrons. The number of anilines is 2. The largest absolute Gasteiger partial charge is 0.481 e. The van der Waals surface area contributed by atoms with Crippen LogP contribution in [0.2, 0.25) is 0 Å². The van der Waals surface area contributed by atoms with Crippen LogP contribution in [0.1, 0.15) is 26.3 Å². The van der Waals surface area contributed by atoms with Crippen molar-refractivity contribution in [3.8, 4) is 5.75 Å². The zero-order valence-corrected chi connectivity index (χ0v) is 15.0. The van der Waals surface area contributed by atoms with Gasteiger partial charge in [-0.15, -0.1) is 0 Å². The Balaban J connectivity index is 1.91. The Kier molecular flexibility index (Phi) is 6.17. The molecule has 0 aliphatic carbocycles. The van der Waals surface area contributed by atoms with Gasteiger partial charge in [0.05, 0.1) is 0 Å². The zero-order chi connectivity index (χ0) is 18.4. The molecule has 0 saturated heterocycles. The number of hydrogen-bond acceptors (Lipinski definition) is 3.